The quantitative estimate of drug-likeness (QED) is 0.184. The fraction of sp³-hybridized carbons (Fsp3) is 0.440. The molecule has 3 nitrogen and oxygen atoms in total. The molecule has 0 saturated carbocycles. The Morgan fingerprint density at radius 2 is 1.75 bits per heavy atom. The van der Waals surface area contributed by atoms with Crippen LogP contribution >= 0.6 is 0 Å². The summed E-state index contributed by atoms with van der Waals surface area (Å²) < 4.78 is 7.40. The van der Waals surface area contributed by atoms with Gasteiger partial charge in [-0.15, -0.1) is 0 Å². The van der Waals surface area contributed by atoms with Crippen molar-refractivity contribution >= 4 is 11.9 Å². The second-order valence-corrected chi connectivity index (χ2v) is 7.28. The van der Waals surface area contributed by atoms with Gasteiger partial charge in [0.15, 0.2) is 18.2 Å². The molecular weight excluding hydrogens is 346 g/mol. The van der Waals surface area contributed by atoms with Gasteiger partial charge in [0.2, 0.25) is 0 Å². The molecule has 0 saturated heterocycles. The first-order valence-electron chi connectivity index (χ1n) is 10.6. The fourth-order valence-electron chi connectivity index (χ4n) is 3.25. The topological polar surface area (TPSA) is 30.2 Å². The van der Waals surface area contributed by atoms with Crippen molar-refractivity contribution in [1.82, 2.24) is 0 Å². The first-order valence-corrected chi connectivity index (χ1v) is 10.6. The van der Waals surface area contributed by atoms with E-state index >= 15 is 0 Å². The van der Waals surface area contributed by atoms with Gasteiger partial charge in [0, 0.05) is 23.6 Å². The average molecular weight is 381 g/mol. The third-order valence-corrected chi connectivity index (χ3v) is 4.93. The van der Waals surface area contributed by atoms with Crippen molar-refractivity contribution in [2.45, 2.75) is 64.8 Å². The van der Waals surface area contributed by atoms with E-state index in [9.17, 15) is 4.79 Å². The second-order valence-electron chi connectivity index (χ2n) is 7.28. The highest BCUT2D eigenvalue weighted by Gasteiger charge is 2.05. The monoisotopic (exact) mass is 380 g/mol. The molecule has 0 aliphatic heterocycles. The smallest absolute Gasteiger partial charge is 0.185 e. The summed E-state index contributed by atoms with van der Waals surface area (Å²) in [6.07, 6.45) is 18.3. The van der Waals surface area contributed by atoms with E-state index < -0.39 is 0 Å². The number of pyridine rings is 1. The number of carbonyl (C=O) groups excluding carboxylic acids is 1. The first kappa shape index (κ1) is 21.9. The SMILES string of the molecule is CCCCCCCCCC[n+]1cccc(/C=C/C(=O)c2cccc(OC)c2)c1. The van der Waals surface area contributed by atoms with Gasteiger partial charge in [0.25, 0.3) is 0 Å². The molecule has 0 bridgehead atoms. The minimum absolute atomic E-state index is 0.0163. The number of aryl methyl sites for hydroxylation is 1. The predicted molar refractivity (Wildman–Crippen MR) is 116 cm³/mol. The summed E-state index contributed by atoms with van der Waals surface area (Å²) in [4.78, 5) is 12.4. The predicted octanol–water partition coefficient (Wildman–Crippen LogP) is 6.02. The van der Waals surface area contributed by atoms with E-state index in [4.69, 9.17) is 4.74 Å². The van der Waals surface area contributed by atoms with Gasteiger partial charge in [0.1, 0.15) is 12.3 Å². The number of ether oxygens (including phenoxy) is 1. The van der Waals surface area contributed by atoms with Gasteiger partial charge in [-0.25, -0.2) is 4.57 Å². The van der Waals surface area contributed by atoms with Gasteiger partial charge in [0.05, 0.1) is 7.11 Å². The van der Waals surface area contributed by atoms with Crippen molar-refractivity contribution in [3.63, 3.8) is 0 Å². The average Bonchev–Trinajstić information content (AvgIpc) is 2.74. The molecule has 3 heteroatoms. The zero-order valence-corrected chi connectivity index (χ0v) is 17.4. The van der Waals surface area contributed by atoms with E-state index in [1.54, 1.807) is 19.3 Å². The fourth-order valence-corrected chi connectivity index (χ4v) is 3.25. The number of benzene rings is 1. The molecule has 2 aromatic rings. The Labute approximate surface area is 170 Å². The van der Waals surface area contributed by atoms with Crippen LogP contribution in [0.25, 0.3) is 6.08 Å². The van der Waals surface area contributed by atoms with E-state index in [1.807, 2.05) is 36.4 Å². The Morgan fingerprint density at radius 1 is 1.00 bits per heavy atom. The molecule has 0 aliphatic rings. The van der Waals surface area contributed by atoms with Crippen LogP contribution in [0, 0.1) is 0 Å². The van der Waals surface area contributed by atoms with E-state index in [0.29, 0.717) is 11.3 Å². The zero-order valence-electron chi connectivity index (χ0n) is 17.4. The lowest BCUT2D eigenvalue weighted by molar-refractivity contribution is -0.697. The van der Waals surface area contributed by atoms with Crippen LogP contribution in [-0.2, 0) is 6.54 Å². The number of carbonyl (C=O) groups is 1. The van der Waals surface area contributed by atoms with Crippen molar-refractivity contribution in [2.24, 2.45) is 0 Å². The lowest BCUT2D eigenvalue weighted by atomic mass is 10.1. The lowest BCUT2D eigenvalue weighted by Crippen LogP contribution is -2.32. The Hall–Kier alpha value is -2.42. The molecule has 28 heavy (non-hydrogen) atoms. The minimum Gasteiger partial charge on any atom is -0.497 e. The van der Waals surface area contributed by atoms with Crippen LogP contribution in [0.4, 0.5) is 0 Å². The molecule has 0 amide bonds. The Kier molecular flexibility index (Phi) is 10.1. The van der Waals surface area contributed by atoms with Crippen LogP contribution in [0.1, 0.15) is 74.2 Å². The summed E-state index contributed by atoms with van der Waals surface area (Å²) in [5.74, 6) is 0.680. The second kappa shape index (κ2) is 12.9. The maximum Gasteiger partial charge on any atom is 0.185 e. The highest BCUT2D eigenvalue weighted by molar-refractivity contribution is 6.07. The number of hydrogen-bond acceptors (Lipinski definition) is 2. The Morgan fingerprint density at radius 3 is 2.50 bits per heavy atom. The van der Waals surface area contributed by atoms with Crippen molar-refractivity contribution in [1.29, 1.82) is 0 Å². The summed E-state index contributed by atoms with van der Waals surface area (Å²) >= 11 is 0. The molecule has 0 N–H and O–H groups in total. The zero-order chi connectivity index (χ0) is 20.0. The number of aromatic nitrogens is 1. The van der Waals surface area contributed by atoms with Crippen molar-refractivity contribution < 1.29 is 14.1 Å². The van der Waals surface area contributed by atoms with Gasteiger partial charge >= 0.3 is 0 Å². The number of unbranched alkanes of at least 4 members (excludes halogenated alkanes) is 7. The van der Waals surface area contributed by atoms with E-state index in [-0.39, 0.29) is 5.78 Å². The van der Waals surface area contributed by atoms with Gasteiger partial charge < -0.3 is 4.74 Å². The van der Waals surface area contributed by atoms with Crippen LogP contribution in [-0.4, -0.2) is 12.9 Å². The maximum absolute atomic E-state index is 12.4. The van der Waals surface area contributed by atoms with Crippen LogP contribution in [0.2, 0.25) is 0 Å². The highest BCUT2D eigenvalue weighted by atomic mass is 16.5. The summed E-state index contributed by atoms with van der Waals surface area (Å²) in [5, 5.41) is 0. The van der Waals surface area contributed by atoms with E-state index in [1.165, 1.54) is 51.4 Å². The lowest BCUT2D eigenvalue weighted by Gasteiger charge is -2.01. The van der Waals surface area contributed by atoms with E-state index in [2.05, 4.69) is 23.9 Å². The molecule has 1 aromatic heterocycles. The number of allylic oxidation sites excluding steroid dienone is 1. The van der Waals surface area contributed by atoms with Gasteiger partial charge in [-0.1, -0.05) is 57.6 Å². The minimum atomic E-state index is -0.0163. The molecule has 0 aliphatic carbocycles. The van der Waals surface area contributed by atoms with Gasteiger partial charge in [-0.05, 0) is 36.8 Å². The molecule has 0 radical (unpaired) electrons. The van der Waals surface area contributed by atoms with Crippen molar-refractivity contribution in [2.75, 3.05) is 7.11 Å². The largest absolute Gasteiger partial charge is 0.497 e. The highest BCUT2D eigenvalue weighted by Crippen LogP contribution is 2.14. The third-order valence-electron chi connectivity index (χ3n) is 4.93. The number of methoxy groups -OCH3 is 1. The molecular formula is C25H34NO2+. The van der Waals surface area contributed by atoms with Crippen LogP contribution < -0.4 is 9.30 Å². The molecule has 2 rings (SSSR count). The normalized spacial score (nSPS) is 11.1. The Balaban J connectivity index is 1.79. The first-order chi connectivity index (χ1) is 13.7. The standard InChI is InChI=1S/C25H34NO2/c1-3-4-5-6-7-8-9-10-18-26-19-12-13-22(21-26)16-17-25(27)23-14-11-15-24(20-23)28-2/h11-17,19-21H,3-10,18H2,1-2H3/q+1/b17-16+. The summed E-state index contributed by atoms with van der Waals surface area (Å²) in [5.41, 5.74) is 1.68. The summed E-state index contributed by atoms with van der Waals surface area (Å²) in [7, 11) is 1.61. The summed E-state index contributed by atoms with van der Waals surface area (Å²) in [6, 6.07) is 11.3. The third kappa shape index (κ3) is 8.08. The summed E-state index contributed by atoms with van der Waals surface area (Å²) in [6.45, 7) is 3.29. The van der Waals surface area contributed by atoms with Gasteiger partial charge in [-0.3, -0.25) is 4.79 Å². The number of ketones is 1. The number of nitrogens with zero attached hydrogens (tertiary/aromatic N) is 1. The van der Waals surface area contributed by atoms with Gasteiger partial charge in [-0.2, -0.15) is 0 Å². The molecule has 1 heterocycles. The molecule has 150 valence electrons. The Bertz CT molecular complexity index is 752. The van der Waals surface area contributed by atoms with Crippen LogP contribution in [0.15, 0.2) is 54.9 Å². The van der Waals surface area contributed by atoms with Crippen LogP contribution in [0.3, 0.4) is 0 Å². The number of rotatable bonds is 13. The van der Waals surface area contributed by atoms with Crippen LogP contribution in [0.5, 0.6) is 5.75 Å². The van der Waals surface area contributed by atoms with Crippen molar-refractivity contribution in [3.8, 4) is 5.75 Å². The number of hydrogen-bond donors (Lipinski definition) is 0. The van der Waals surface area contributed by atoms with Crippen molar-refractivity contribution in [3.05, 3.63) is 66.0 Å². The molecule has 1 aromatic carbocycles. The maximum atomic E-state index is 12.4. The molecule has 0 spiro atoms. The van der Waals surface area contributed by atoms with E-state index in [0.717, 1.165) is 12.1 Å². The molecule has 0 atom stereocenters. The molecule has 0 unspecified atom stereocenters. The molecule has 0 fully saturated rings.